The number of carbonyl (C=O) groups excluding carboxylic acids is 2. The molecule has 0 saturated heterocycles. The number of rotatable bonds is 4. The minimum Gasteiger partial charge on any atom is -0.497 e. The van der Waals surface area contributed by atoms with E-state index in [2.05, 4.69) is 5.32 Å². The summed E-state index contributed by atoms with van der Waals surface area (Å²) in [6.45, 7) is 0. The molecule has 1 N–H and O–H groups in total. The monoisotopic (exact) mass is 205 g/mol. The molecule has 0 saturated carbocycles. The van der Waals surface area contributed by atoms with E-state index in [-0.39, 0.29) is 5.91 Å². The minimum atomic E-state index is -0.340. The molecule has 0 atom stereocenters. The highest BCUT2D eigenvalue weighted by atomic mass is 16.5. The van der Waals surface area contributed by atoms with Gasteiger partial charge < -0.3 is 10.1 Å². The van der Waals surface area contributed by atoms with Gasteiger partial charge in [0.05, 0.1) is 7.11 Å². The summed E-state index contributed by atoms with van der Waals surface area (Å²) in [4.78, 5) is 21.1. The van der Waals surface area contributed by atoms with Gasteiger partial charge in [0.2, 0.25) is 5.91 Å². The van der Waals surface area contributed by atoms with Gasteiger partial charge in [-0.15, -0.1) is 0 Å². The molecule has 0 aliphatic rings. The predicted molar refractivity (Wildman–Crippen MR) is 56.8 cm³/mol. The Morgan fingerprint density at radius 2 is 2.00 bits per heavy atom. The fourth-order valence-corrected chi connectivity index (χ4v) is 0.985. The van der Waals surface area contributed by atoms with Crippen LogP contribution < -0.4 is 10.1 Å². The molecule has 1 rings (SSSR count). The molecule has 0 aromatic heterocycles. The third-order valence-corrected chi connectivity index (χ3v) is 1.68. The predicted octanol–water partition coefficient (Wildman–Crippen LogP) is 1.39. The van der Waals surface area contributed by atoms with Crippen molar-refractivity contribution in [3.8, 4) is 5.75 Å². The zero-order valence-electron chi connectivity index (χ0n) is 8.27. The molecule has 0 heterocycles. The summed E-state index contributed by atoms with van der Waals surface area (Å²) in [6, 6.07) is 6.90. The Labute approximate surface area is 87.6 Å². The van der Waals surface area contributed by atoms with Gasteiger partial charge in [0, 0.05) is 11.8 Å². The Kier molecular flexibility index (Phi) is 4.09. The molecular weight excluding hydrogens is 194 g/mol. The van der Waals surface area contributed by atoms with Crippen molar-refractivity contribution in [3.05, 3.63) is 36.4 Å². The highest BCUT2D eigenvalue weighted by molar-refractivity contribution is 6.01. The van der Waals surface area contributed by atoms with E-state index in [4.69, 9.17) is 4.74 Å². The van der Waals surface area contributed by atoms with E-state index in [9.17, 15) is 9.59 Å². The smallest absolute Gasteiger partial charge is 0.248 e. The number of hydrogen-bond donors (Lipinski definition) is 1. The average molecular weight is 205 g/mol. The molecule has 0 unspecified atom stereocenters. The van der Waals surface area contributed by atoms with Crippen molar-refractivity contribution in [2.75, 3.05) is 12.4 Å². The second kappa shape index (κ2) is 5.59. The quantitative estimate of drug-likeness (QED) is 0.597. The molecule has 15 heavy (non-hydrogen) atoms. The maximum absolute atomic E-state index is 11.1. The number of hydrogen-bond acceptors (Lipinski definition) is 3. The van der Waals surface area contributed by atoms with Gasteiger partial charge in [-0.1, -0.05) is 0 Å². The lowest BCUT2D eigenvalue weighted by Gasteiger charge is -2.03. The lowest BCUT2D eigenvalue weighted by molar-refractivity contribution is -0.112. The third kappa shape index (κ3) is 3.64. The minimum absolute atomic E-state index is 0.340. The van der Waals surface area contributed by atoms with Crippen LogP contribution in [0.1, 0.15) is 0 Å². The molecule has 1 aromatic carbocycles. The first-order valence-electron chi connectivity index (χ1n) is 4.33. The van der Waals surface area contributed by atoms with Gasteiger partial charge >= 0.3 is 0 Å². The number of benzene rings is 1. The molecule has 78 valence electrons. The fraction of sp³-hybridized carbons (Fsp3) is 0.0909. The van der Waals surface area contributed by atoms with Crippen LogP contribution in [0.2, 0.25) is 0 Å². The van der Waals surface area contributed by atoms with Crippen LogP contribution in [-0.2, 0) is 9.59 Å². The van der Waals surface area contributed by atoms with Gasteiger partial charge in [0.25, 0.3) is 0 Å². The summed E-state index contributed by atoms with van der Waals surface area (Å²) in [5, 5.41) is 2.59. The van der Waals surface area contributed by atoms with Crippen molar-refractivity contribution in [2.45, 2.75) is 0 Å². The van der Waals surface area contributed by atoms with E-state index >= 15 is 0 Å². The molecule has 0 radical (unpaired) electrons. The maximum Gasteiger partial charge on any atom is 0.248 e. The van der Waals surface area contributed by atoms with Crippen molar-refractivity contribution >= 4 is 17.9 Å². The molecule has 0 fully saturated rings. The Morgan fingerprint density at radius 1 is 1.33 bits per heavy atom. The third-order valence-electron chi connectivity index (χ3n) is 1.68. The van der Waals surface area contributed by atoms with Crippen molar-refractivity contribution in [3.63, 3.8) is 0 Å². The van der Waals surface area contributed by atoms with Crippen molar-refractivity contribution < 1.29 is 14.3 Å². The summed E-state index contributed by atoms with van der Waals surface area (Å²) in [5.74, 6) is 0.378. The summed E-state index contributed by atoms with van der Waals surface area (Å²) < 4.78 is 4.97. The Balaban J connectivity index is 2.60. The van der Waals surface area contributed by atoms with Gasteiger partial charge in [-0.3, -0.25) is 9.59 Å². The summed E-state index contributed by atoms with van der Waals surface area (Å²) >= 11 is 0. The van der Waals surface area contributed by atoms with E-state index in [0.29, 0.717) is 12.0 Å². The maximum atomic E-state index is 11.1. The normalized spacial score (nSPS) is 9.93. The first-order valence-corrected chi connectivity index (χ1v) is 4.33. The number of aldehydes is 1. The van der Waals surface area contributed by atoms with E-state index in [0.717, 1.165) is 17.9 Å². The number of amides is 1. The zero-order chi connectivity index (χ0) is 11.1. The SMILES string of the molecule is COc1ccc(NC(=O)/C=C\C=O)cc1. The van der Waals surface area contributed by atoms with Crippen molar-refractivity contribution in [2.24, 2.45) is 0 Å². The zero-order valence-corrected chi connectivity index (χ0v) is 8.27. The standard InChI is InChI=1S/C11H11NO3/c1-15-10-6-4-9(5-7-10)12-11(14)3-2-8-13/h2-8H,1H3,(H,12,14)/b3-2-. The molecule has 0 bridgehead atoms. The van der Waals surface area contributed by atoms with Crippen molar-refractivity contribution in [1.82, 2.24) is 0 Å². The molecule has 4 nitrogen and oxygen atoms in total. The van der Waals surface area contributed by atoms with E-state index in [1.807, 2.05) is 0 Å². The van der Waals surface area contributed by atoms with Crippen LogP contribution in [0.3, 0.4) is 0 Å². The van der Waals surface area contributed by atoms with Crippen LogP contribution in [0.15, 0.2) is 36.4 Å². The van der Waals surface area contributed by atoms with E-state index < -0.39 is 0 Å². The number of nitrogens with one attached hydrogen (secondary N) is 1. The first-order chi connectivity index (χ1) is 7.26. The lowest BCUT2D eigenvalue weighted by Crippen LogP contribution is -2.07. The van der Waals surface area contributed by atoms with Crippen LogP contribution in [0.5, 0.6) is 5.75 Å². The molecule has 0 spiro atoms. The van der Waals surface area contributed by atoms with Gasteiger partial charge in [0.1, 0.15) is 12.0 Å². The number of anilines is 1. The Morgan fingerprint density at radius 3 is 2.53 bits per heavy atom. The lowest BCUT2D eigenvalue weighted by atomic mass is 10.3. The molecular formula is C11H11NO3. The number of carbonyl (C=O) groups is 2. The van der Waals surface area contributed by atoms with Crippen LogP contribution >= 0.6 is 0 Å². The topological polar surface area (TPSA) is 55.4 Å². The summed E-state index contributed by atoms with van der Waals surface area (Å²) in [7, 11) is 1.57. The number of allylic oxidation sites excluding steroid dienone is 1. The van der Waals surface area contributed by atoms with Crippen LogP contribution in [0.4, 0.5) is 5.69 Å². The van der Waals surface area contributed by atoms with Crippen molar-refractivity contribution in [1.29, 1.82) is 0 Å². The molecule has 0 aliphatic carbocycles. The van der Waals surface area contributed by atoms with Gasteiger partial charge in [-0.2, -0.15) is 0 Å². The van der Waals surface area contributed by atoms with Crippen LogP contribution in [-0.4, -0.2) is 19.3 Å². The summed E-state index contributed by atoms with van der Waals surface area (Å²) in [6.07, 6.45) is 2.85. The molecule has 1 aromatic rings. The van der Waals surface area contributed by atoms with E-state index in [1.165, 1.54) is 0 Å². The van der Waals surface area contributed by atoms with Crippen LogP contribution in [0, 0.1) is 0 Å². The Hall–Kier alpha value is -2.10. The highest BCUT2D eigenvalue weighted by Crippen LogP contribution is 2.14. The van der Waals surface area contributed by atoms with E-state index in [1.54, 1.807) is 31.4 Å². The van der Waals surface area contributed by atoms with Gasteiger partial charge in [0.15, 0.2) is 0 Å². The highest BCUT2D eigenvalue weighted by Gasteiger charge is 1.97. The molecule has 0 aliphatic heterocycles. The number of methoxy groups -OCH3 is 1. The molecule has 1 amide bonds. The first kappa shape index (κ1) is 11.0. The number of ether oxygens (including phenoxy) is 1. The molecule has 4 heteroatoms. The van der Waals surface area contributed by atoms with Gasteiger partial charge in [-0.05, 0) is 30.3 Å². The average Bonchev–Trinajstić information content (AvgIpc) is 2.27. The summed E-state index contributed by atoms with van der Waals surface area (Å²) in [5.41, 5.74) is 0.649. The second-order valence-electron chi connectivity index (χ2n) is 2.71. The Bertz CT molecular complexity index is 368. The van der Waals surface area contributed by atoms with Gasteiger partial charge in [-0.25, -0.2) is 0 Å². The fourth-order valence-electron chi connectivity index (χ4n) is 0.985. The van der Waals surface area contributed by atoms with Crippen LogP contribution in [0.25, 0.3) is 0 Å². The largest absolute Gasteiger partial charge is 0.497 e. The second-order valence-corrected chi connectivity index (χ2v) is 2.71.